The van der Waals surface area contributed by atoms with Gasteiger partial charge in [0.1, 0.15) is 17.2 Å². The zero-order chi connectivity index (χ0) is 20.1. The van der Waals surface area contributed by atoms with Gasteiger partial charge in [-0.15, -0.1) is 0 Å². The summed E-state index contributed by atoms with van der Waals surface area (Å²) in [6, 6.07) is 14.8. The third-order valence-electron chi connectivity index (χ3n) is 5.16. The van der Waals surface area contributed by atoms with Gasteiger partial charge in [0, 0.05) is 17.4 Å². The molecule has 3 heterocycles. The van der Waals surface area contributed by atoms with E-state index in [0.717, 1.165) is 5.39 Å². The molecule has 1 aliphatic heterocycles. The van der Waals surface area contributed by atoms with Crippen LogP contribution in [0.15, 0.2) is 59.0 Å². The van der Waals surface area contributed by atoms with Gasteiger partial charge in [-0.1, -0.05) is 18.2 Å². The summed E-state index contributed by atoms with van der Waals surface area (Å²) in [4.78, 5) is 25.7. The van der Waals surface area contributed by atoms with Crippen LogP contribution in [0, 0.1) is 12.7 Å². The minimum Gasteiger partial charge on any atom is -0.453 e. The molecule has 0 saturated heterocycles. The van der Waals surface area contributed by atoms with E-state index in [1.54, 1.807) is 31.2 Å². The first-order valence-corrected chi connectivity index (χ1v) is 9.19. The molecule has 5 rings (SSSR count). The van der Waals surface area contributed by atoms with Crippen LogP contribution < -0.4 is 5.32 Å². The van der Waals surface area contributed by atoms with Gasteiger partial charge in [-0.05, 0) is 43.3 Å². The maximum atomic E-state index is 13.3. The number of amides is 1. The molecular formula is C22H16FN3O3. The fourth-order valence-corrected chi connectivity index (χ4v) is 3.82. The molecule has 2 aromatic carbocycles. The number of para-hydroxylation sites is 1. The van der Waals surface area contributed by atoms with Crippen LogP contribution >= 0.6 is 0 Å². The molecule has 0 radical (unpaired) electrons. The van der Waals surface area contributed by atoms with Gasteiger partial charge in [-0.25, -0.2) is 9.07 Å². The number of halogens is 1. The van der Waals surface area contributed by atoms with Crippen molar-refractivity contribution in [2.45, 2.75) is 19.3 Å². The van der Waals surface area contributed by atoms with Crippen molar-refractivity contribution in [3.8, 4) is 5.69 Å². The number of aromatic nitrogens is 2. The molecule has 0 aliphatic carbocycles. The second kappa shape index (κ2) is 6.41. The number of fused-ring (bicyclic) bond motifs is 2. The van der Waals surface area contributed by atoms with Gasteiger partial charge in [0.05, 0.1) is 17.3 Å². The van der Waals surface area contributed by atoms with Crippen LogP contribution in [0.3, 0.4) is 0 Å². The molecule has 1 atom stereocenters. The Morgan fingerprint density at radius 1 is 1.21 bits per heavy atom. The summed E-state index contributed by atoms with van der Waals surface area (Å²) in [5.74, 6) is -0.970. The first-order chi connectivity index (χ1) is 14.0. The van der Waals surface area contributed by atoms with E-state index in [-0.39, 0.29) is 29.7 Å². The zero-order valence-electron chi connectivity index (χ0n) is 15.5. The minimum absolute atomic E-state index is 0.0127. The number of rotatable bonds is 3. The van der Waals surface area contributed by atoms with Crippen LogP contribution in [0.5, 0.6) is 0 Å². The number of hydrogen-bond acceptors (Lipinski definition) is 4. The van der Waals surface area contributed by atoms with E-state index in [4.69, 9.17) is 4.42 Å². The number of Topliss-reactive ketones (excluding diaryl/α,β-unsaturated/α-hetero) is 1. The van der Waals surface area contributed by atoms with Crippen LogP contribution in [-0.2, 0) is 4.79 Å². The molecule has 0 bridgehead atoms. The topological polar surface area (TPSA) is 77.1 Å². The number of anilines is 1. The Kier molecular flexibility index (Phi) is 3.84. The molecule has 1 N–H and O–H groups in total. The van der Waals surface area contributed by atoms with Gasteiger partial charge in [0.25, 0.3) is 0 Å². The van der Waals surface area contributed by atoms with Crippen molar-refractivity contribution in [3.63, 3.8) is 0 Å². The summed E-state index contributed by atoms with van der Waals surface area (Å²) in [5.41, 5.74) is 2.49. The number of ketones is 1. The number of carbonyl (C=O) groups is 2. The maximum Gasteiger partial charge on any atom is 0.226 e. The minimum atomic E-state index is -0.700. The number of furan rings is 1. The van der Waals surface area contributed by atoms with Crippen LogP contribution in [0.25, 0.3) is 16.7 Å². The van der Waals surface area contributed by atoms with Crippen LogP contribution in [0.4, 0.5) is 10.2 Å². The highest BCUT2D eigenvalue weighted by Crippen LogP contribution is 2.38. The Bertz CT molecular complexity index is 1240. The molecule has 7 heteroatoms. The van der Waals surface area contributed by atoms with E-state index in [1.807, 2.05) is 18.2 Å². The Hall–Kier alpha value is -3.74. The summed E-state index contributed by atoms with van der Waals surface area (Å²) >= 11 is 0. The molecule has 29 heavy (non-hydrogen) atoms. The summed E-state index contributed by atoms with van der Waals surface area (Å²) < 4.78 is 20.6. The van der Waals surface area contributed by atoms with Gasteiger partial charge in [0.15, 0.2) is 5.76 Å². The fraction of sp³-hybridized carbons (Fsp3) is 0.136. The molecule has 1 amide bonds. The van der Waals surface area contributed by atoms with E-state index >= 15 is 0 Å². The summed E-state index contributed by atoms with van der Waals surface area (Å²) in [7, 11) is 0. The highest BCUT2D eigenvalue weighted by molar-refractivity contribution is 6.08. The number of carbonyl (C=O) groups excluding carboxylic acids is 2. The number of benzene rings is 2. The normalized spacial score (nSPS) is 15.9. The Morgan fingerprint density at radius 2 is 1.97 bits per heavy atom. The Balaban J connectivity index is 1.61. The average Bonchev–Trinajstić information content (AvgIpc) is 3.29. The van der Waals surface area contributed by atoms with Crippen LogP contribution in [0.1, 0.15) is 34.2 Å². The van der Waals surface area contributed by atoms with Crippen molar-refractivity contribution < 1.29 is 18.4 Å². The first-order valence-electron chi connectivity index (χ1n) is 9.19. The van der Waals surface area contributed by atoms with Crippen molar-refractivity contribution in [2.75, 3.05) is 5.32 Å². The molecule has 0 fully saturated rings. The lowest BCUT2D eigenvalue weighted by molar-refractivity contribution is -0.116. The Morgan fingerprint density at radius 3 is 2.72 bits per heavy atom. The highest BCUT2D eigenvalue weighted by Gasteiger charge is 2.37. The number of hydrogen-bond donors (Lipinski definition) is 1. The van der Waals surface area contributed by atoms with E-state index in [0.29, 0.717) is 28.3 Å². The SMILES string of the molecule is Cc1nn(-c2ccc(F)cc2)c2c1[C@H](C(=O)c1cc3ccccc3o1)CC(=O)N2. The van der Waals surface area contributed by atoms with E-state index in [9.17, 15) is 14.0 Å². The zero-order valence-corrected chi connectivity index (χ0v) is 15.5. The van der Waals surface area contributed by atoms with Crippen molar-refractivity contribution in [2.24, 2.45) is 0 Å². The molecule has 0 saturated carbocycles. The summed E-state index contributed by atoms with van der Waals surface area (Å²) in [5, 5.41) is 8.13. The monoisotopic (exact) mass is 389 g/mol. The molecule has 0 spiro atoms. The predicted molar refractivity (Wildman–Crippen MR) is 105 cm³/mol. The quantitative estimate of drug-likeness (QED) is 0.528. The lowest BCUT2D eigenvalue weighted by Gasteiger charge is -2.22. The van der Waals surface area contributed by atoms with Crippen molar-refractivity contribution in [1.82, 2.24) is 9.78 Å². The predicted octanol–water partition coefficient (Wildman–Crippen LogP) is 4.37. The lowest BCUT2D eigenvalue weighted by atomic mass is 9.87. The molecule has 1 aliphatic rings. The smallest absolute Gasteiger partial charge is 0.226 e. The number of aryl methyl sites for hydroxylation is 1. The second-order valence-electron chi connectivity index (χ2n) is 7.05. The molecule has 0 unspecified atom stereocenters. The Labute approximate surface area is 164 Å². The van der Waals surface area contributed by atoms with Gasteiger partial charge in [0.2, 0.25) is 11.7 Å². The van der Waals surface area contributed by atoms with E-state index < -0.39 is 5.92 Å². The second-order valence-corrected chi connectivity index (χ2v) is 7.05. The van der Waals surface area contributed by atoms with Gasteiger partial charge >= 0.3 is 0 Å². The van der Waals surface area contributed by atoms with Gasteiger partial charge in [-0.3, -0.25) is 9.59 Å². The summed E-state index contributed by atoms with van der Waals surface area (Å²) in [6.07, 6.45) is 0.0127. The van der Waals surface area contributed by atoms with Gasteiger partial charge in [-0.2, -0.15) is 5.10 Å². The third-order valence-corrected chi connectivity index (χ3v) is 5.16. The fourth-order valence-electron chi connectivity index (χ4n) is 3.82. The maximum absolute atomic E-state index is 13.3. The molecule has 4 aromatic rings. The first kappa shape index (κ1) is 17.4. The van der Waals surface area contributed by atoms with Crippen molar-refractivity contribution in [1.29, 1.82) is 0 Å². The number of nitrogens with zero attached hydrogens (tertiary/aromatic N) is 2. The van der Waals surface area contributed by atoms with Gasteiger partial charge < -0.3 is 9.73 Å². The third kappa shape index (κ3) is 2.82. The average molecular weight is 389 g/mol. The molecule has 6 nitrogen and oxygen atoms in total. The largest absolute Gasteiger partial charge is 0.453 e. The summed E-state index contributed by atoms with van der Waals surface area (Å²) in [6.45, 7) is 1.79. The molecule has 144 valence electrons. The molecular weight excluding hydrogens is 373 g/mol. The highest BCUT2D eigenvalue weighted by atomic mass is 19.1. The number of nitrogens with one attached hydrogen (secondary N) is 1. The van der Waals surface area contributed by atoms with Crippen molar-refractivity contribution in [3.05, 3.63) is 77.4 Å². The van der Waals surface area contributed by atoms with Crippen LogP contribution in [-0.4, -0.2) is 21.5 Å². The van der Waals surface area contributed by atoms with Crippen LogP contribution in [0.2, 0.25) is 0 Å². The molecule has 2 aromatic heterocycles. The van der Waals surface area contributed by atoms with Crippen molar-refractivity contribution >= 4 is 28.5 Å². The standard InChI is InChI=1S/C22H16FN3O3/c1-12-20-16(21(28)18-10-13-4-2-3-5-17(13)29-18)11-19(27)24-22(20)26(25-12)15-8-6-14(23)7-9-15/h2-10,16H,11H2,1H3,(H,24,27)/t16-/m1/s1. The van der Waals surface area contributed by atoms with E-state index in [1.165, 1.54) is 16.8 Å². The van der Waals surface area contributed by atoms with E-state index in [2.05, 4.69) is 10.4 Å². The lowest BCUT2D eigenvalue weighted by Crippen LogP contribution is -2.28.